The minimum atomic E-state index is 1.25. The van der Waals surface area contributed by atoms with Crippen molar-refractivity contribution in [3.8, 4) is 42.4 Å². The van der Waals surface area contributed by atoms with E-state index < -0.39 is 0 Å². The van der Waals surface area contributed by atoms with Gasteiger partial charge in [-0.25, -0.2) is 0 Å². The molecular formula is C40H28S2. The van der Waals surface area contributed by atoms with Gasteiger partial charge in [-0.2, -0.15) is 0 Å². The molecule has 8 rings (SSSR count). The second-order valence-electron chi connectivity index (χ2n) is 11.1. The van der Waals surface area contributed by atoms with Gasteiger partial charge in [0, 0.05) is 19.5 Å². The van der Waals surface area contributed by atoms with Crippen LogP contribution in [0.2, 0.25) is 0 Å². The van der Waals surface area contributed by atoms with Crippen LogP contribution in [0.3, 0.4) is 0 Å². The number of rotatable bonds is 4. The summed E-state index contributed by atoms with van der Waals surface area (Å²) in [7, 11) is 0. The lowest BCUT2D eigenvalue weighted by Crippen LogP contribution is -1.91. The lowest BCUT2D eigenvalue weighted by molar-refractivity contribution is 1.51. The van der Waals surface area contributed by atoms with Gasteiger partial charge in [0.25, 0.3) is 0 Å². The molecule has 2 heteroatoms. The average molecular weight is 573 g/mol. The van der Waals surface area contributed by atoms with E-state index in [0.717, 1.165) is 0 Å². The van der Waals surface area contributed by atoms with Gasteiger partial charge >= 0.3 is 0 Å². The van der Waals surface area contributed by atoms with Crippen LogP contribution >= 0.6 is 22.7 Å². The maximum Gasteiger partial charge on any atom is 0.0449 e. The fourth-order valence-corrected chi connectivity index (χ4v) is 8.23. The topological polar surface area (TPSA) is 0 Å². The lowest BCUT2D eigenvalue weighted by Gasteiger charge is -2.18. The van der Waals surface area contributed by atoms with E-state index in [2.05, 4.69) is 147 Å². The van der Waals surface area contributed by atoms with Gasteiger partial charge in [0.05, 0.1) is 0 Å². The van der Waals surface area contributed by atoms with Crippen LogP contribution in [0, 0.1) is 13.8 Å². The summed E-state index contributed by atoms with van der Waals surface area (Å²) in [6.45, 7) is 4.33. The second-order valence-corrected chi connectivity index (χ2v) is 13.4. The maximum atomic E-state index is 2.35. The van der Waals surface area contributed by atoms with Gasteiger partial charge in [0.15, 0.2) is 0 Å². The van der Waals surface area contributed by atoms with E-state index in [1.165, 1.54) is 85.2 Å². The quantitative estimate of drug-likeness (QED) is 0.184. The Morgan fingerprint density at radius 1 is 0.381 bits per heavy atom. The third-order valence-corrected chi connectivity index (χ3v) is 10.6. The zero-order valence-electron chi connectivity index (χ0n) is 23.5. The molecule has 0 radical (unpaired) electrons. The highest BCUT2D eigenvalue weighted by molar-refractivity contribution is 7.23. The largest absolute Gasteiger partial charge is 0.140 e. The first kappa shape index (κ1) is 25.2. The van der Waals surface area contributed by atoms with Crippen LogP contribution in [-0.4, -0.2) is 0 Å². The smallest absolute Gasteiger partial charge is 0.0449 e. The van der Waals surface area contributed by atoms with E-state index >= 15 is 0 Å². The van der Waals surface area contributed by atoms with Crippen molar-refractivity contribution >= 4 is 55.0 Å². The van der Waals surface area contributed by atoms with Crippen molar-refractivity contribution in [2.45, 2.75) is 13.8 Å². The van der Waals surface area contributed by atoms with Crippen LogP contribution in [-0.2, 0) is 0 Å². The van der Waals surface area contributed by atoms with Crippen molar-refractivity contribution in [1.82, 2.24) is 0 Å². The molecule has 0 unspecified atom stereocenters. The molecule has 0 aliphatic heterocycles. The van der Waals surface area contributed by atoms with Crippen molar-refractivity contribution in [2.75, 3.05) is 0 Å². The number of fused-ring (bicyclic) bond motifs is 3. The van der Waals surface area contributed by atoms with Gasteiger partial charge < -0.3 is 0 Å². The van der Waals surface area contributed by atoms with E-state index in [9.17, 15) is 0 Å². The molecule has 0 saturated carbocycles. The van der Waals surface area contributed by atoms with Crippen molar-refractivity contribution in [1.29, 1.82) is 0 Å². The molecular weight excluding hydrogens is 545 g/mol. The van der Waals surface area contributed by atoms with E-state index in [-0.39, 0.29) is 0 Å². The lowest BCUT2D eigenvalue weighted by atomic mass is 9.85. The predicted molar refractivity (Wildman–Crippen MR) is 186 cm³/mol. The Balaban J connectivity index is 1.28. The first-order valence-electron chi connectivity index (χ1n) is 14.3. The number of aryl methyl sites for hydroxylation is 2. The van der Waals surface area contributed by atoms with Gasteiger partial charge in [0.1, 0.15) is 0 Å². The molecule has 200 valence electrons. The molecule has 0 spiro atoms. The minimum Gasteiger partial charge on any atom is -0.140 e. The summed E-state index contributed by atoms with van der Waals surface area (Å²) in [5.74, 6) is 0. The minimum absolute atomic E-state index is 1.25. The SMILES string of the molecule is Cc1ccc2cc(-c3c4ccccc4c(-c4ccc(-c5ccc(-c6ccc(C)s6)s5)cc4)c4ccccc34)ccc2c1. The molecule has 0 amide bonds. The Hall–Kier alpha value is -4.50. The monoisotopic (exact) mass is 572 g/mol. The van der Waals surface area contributed by atoms with Gasteiger partial charge in [0.2, 0.25) is 0 Å². The van der Waals surface area contributed by atoms with E-state index in [1.54, 1.807) is 0 Å². The third kappa shape index (κ3) is 4.27. The molecule has 2 aromatic heterocycles. The van der Waals surface area contributed by atoms with Gasteiger partial charge in [-0.3, -0.25) is 0 Å². The summed E-state index contributed by atoms with van der Waals surface area (Å²) in [4.78, 5) is 5.34. The summed E-state index contributed by atoms with van der Waals surface area (Å²) >= 11 is 3.73. The Morgan fingerprint density at radius 2 is 0.881 bits per heavy atom. The molecule has 0 aliphatic rings. The standard InChI is InChI=1S/C40H28S2/c1-25-11-13-30-24-31(19-18-29(30)23-25)40-34-9-5-3-7-32(34)39(33-8-4-6-10-35(33)40)28-16-14-27(15-17-28)36-21-22-38(42-36)37-20-12-26(2)41-37/h3-24H,1-2H3. The molecule has 42 heavy (non-hydrogen) atoms. The zero-order valence-corrected chi connectivity index (χ0v) is 25.2. The van der Waals surface area contributed by atoms with E-state index in [1.807, 2.05) is 22.7 Å². The zero-order chi connectivity index (χ0) is 28.2. The van der Waals surface area contributed by atoms with E-state index in [0.29, 0.717) is 0 Å². The van der Waals surface area contributed by atoms with Crippen molar-refractivity contribution < 1.29 is 0 Å². The summed E-state index contributed by atoms with van der Waals surface area (Å²) in [6.07, 6.45) is 0. The van der Waals surface area contributed by atoms with Crippen LogP contribution in [0.1, 0.15) is 10.4 Å². The number of hydrogen-bond acceptors (Lipinski definition) is 2. The summed E-state index contributed by atoms with van der Waals surface area (Å²) in [5.41, 5.74) is 7.67. The Bertz CT molecular complexity index is 2200. The molecule has 0 aliphatic carbocycles. The maximum absolute atomic E-state index is 2.35. The molecule has 0 fully saturated rings. The van der Waals surface area contributed by atoms with Crippen LogP contribution in [0.25, 0.3) is 74.8 Å². The molecule has 8 aromatic rings. The average Bonchev–Trinajstić information content (AvgIpc) is 3.69. The molecule has 6 aromatic carbocycles. The van der Waals surface area contributed by atoms with Crippen LogP contribution in [0.15, 0.2) is 133 Å². The molecule has 0 bridgehead atoms. The van der Waals surface area contributed by atoms with Gasteiger partial charge in [-0.15, -0.1) is 22.7 Å². The molecule has 2 heterocycles. The van der Waals surface area contributed by atoms with Crippen LogP contribution in [0.5, 0.6) is 0 Å². The van der Waals surface area contributed by atoms with Gasteiger partial charge in [-0.05, 0) is 104 Å². The van der Waals surface area contributed by atoms with Crippen molar-refractivity contribution in [3.05, 3.63) is 144 Å². The van der Waals surface area contributed by atoms with E-state index in [4.69, 9.17) is 0 Å². The highest BCUT2D eigenvalue weighted by atomic mass is 32.1. The summed E-state index contributed by atoms with van der Waals surface area (Å²) in [6, 6.07) is 49.6. The van der Waals surface area contributed by atoms with Gasteiger partial charge in [-0.1, -0.05) is 109 Å². The van der Waals surface area contributed by atoms with Crippen molar-refractivity contribution in [2.24, 2.45) is 0 Å². The number of hydrogen-bond donors (Lipinski definition) is 0. The first-order valence-corrected chi connectivity index (χ1v) is 16.0. The highest BCUT2D eigenvalue weighted by Crippen LogP contribution is 2.45. The second kappa shape index (κ2) is 10.1. The summed E-state index contributed by atoms with van der Waals surface area (Å²) in [5, 5.41) is 7.71. The van der Waals surface area contributed by atoms with Crippen molar-refractivity contribution in [3.63, 3.8) is 0 Å². The number of benzene rings is 6. The fourth-order valence-electron chi connectivity index (χ4n) is 6.26. The Morgan fingerprint density at radius 3 is 1.52 bits per heavy atom. The molecule has 0 N–H and O–H groups in total. The molecule has 0 nitrogen and oxygen atoms in total. The third-order valence-electron chi connectivity index (χ3n) is 8.26. The summed E-state index contributed by atoms with van der Waals surface area (Å²) < 4.78 is 0. The normalized spacial score (nSPS) is 11.6. The Kier molecular flexibility index (Phi) is 6.06. The predicted octanol–water partition coefficient (Wildman–Crippen LogP) is 12.6. The highest BCUT2D eigenvalue weighted by Gasteiger charge is 2.17. The molecule has 0 atom stereocenters. The molecule has 0 saturated heterocycles. The fraction of sp³-hybridized carbons (Fsp3) is 0.0500. The Labute approximate surface area is 254 Å². The van der Waals surface area contributed by atoms with Crippen LogP contribution < -0.4 is 0 Å². The number of thiophene rings is 2. The van der Waals surface area contributed by atoms with Crippen LogP contribution in [0.4, 0.5) is 0 Å². The first-order chi connectivity index (χ1) is 20.6.